The molecule has 1 aliphatic rings. The highest BCUT2D eigenvalue weighted by molar-refractivity contribution is 7.92. The van der Waals surface area contributed by atoms with E-state index in [4.69, 9.17) is 14.5 Å². The minimum absolute atomic E-state index is 0.0502. The molecule has 0 aliphatic heterocycles. The summed E-state index contributed by atoms with van der Waals surface area (Å²) in [6.07, 6.45) is -1.08. The third-order valence-corrected chi connectivity index (χ3v) is 9.71. The van der Waals surface area contributed by atoms with E-state index >= 15 is 0 Å². The molecule has 0 radical (unpaired) electrons. The number of rotatable bonds is 13. The molecule has 1 fully saturated rings. The number of ether oxygens (including phenoxy) is 1. The molecule has 3 N–H and O–H groups in total. The second-order valence-electron chi connectivity index (χ2n) is 10.3. The lowest BCUT2D eigenvalue weighted by molar-refractivity contribution is -0.146. The molecule has 14 heteroatoms. The molecule has 1 saturated carbocycles. The monoisotopic (exact) mass is 625 g/mol. The summed E-state index contributed by atoms with van der Waals surface area (Å²) >= 11 is 0. The molecular formula is C28H31F3N3O6PS. The Morgan fingerprint density at radius 3 is 2.62 bits per heavy atom. The predicted octanol–water partition coefficient (Wildman–Crippen LogP) is 5.49. The lowest BCUT2D eigenvalue weighted by Crippen LogP contribution is -2.37. The van der Waals surface area contributed by atoms with E-state index in [1.54, 1.807) is 30.5 Å². The first-order chi connectivity index (χ1) is 19.9. The van der Waals surface area contributed by atoms with E-state index in [9.17, 15) is 21.6 Å². The Labute approximate surface area is 242 Å². The zero-order chi connectivity index (χ0) is 30.1. The Hall–Kier alpha value is -2.80. The number of hydrogen-bond acceptors (Lipinski definition) is 8. The van der Waals surface area contributed by atoms with Crippen LogP contribution in [-0.2, 0) is 14.4 Å². The highest BCUT2D eigenvalue weighted by atomic mass is 32.2. The number of sulfone groups is 1. The van der Waals surface area contributed by atoms with E-state index in [1.165, 1.54) is 0 Å². The van der Waals surface area contributed by atoms with Crippen LogP contribution in [0.25, 0.3) is 33.1 Å². The van der Waals surface area contributed by atoms with Crippen LogP contribution in [0.5, 0.6) is 5.75 Å². The molecule has 4 aromatic rings. The van der Waals surface area contributed by atoms with E-state index in [-0.39, 0.29) is 42.9 Å². The highest BCUT2D eigenvalue weighted by Gasteiger charge is 2.37. The SMILES string of the molecule is Cc1cnc2[nH]c3c(OCCCN(CCOP(O)O)CC(F)(F)F)ccc(-c4cccc(S(=O)(=O)C5CC5)c4)c3c2c1. The van der Waals surface area contributed by atoms with Crippen molar-refractivity contribution in [3.05, 3.63) is 54.2 Å². The molecule has 2 heterocycles. The van der Waals surface area contributed by atoms with Crippen LogP contribution in [0, 0.1) is 6.92 Å². The molecule has 2 aromatic heterocycles. The lowest BCUT2D eigenvalue weighted by atomic mass is 9.99. The van der Waals surface area contributed by atoms with Gasteiger partial charge in [-0.25, -0.2) is 13.4 Å². The van der Waals surface area contributed by atoms with Crippen LogP contribution in [0.2, 0.25) is 0 Å². The van der Waals surface area contributed by atoms with Crippen LogP contribution < -0.4 is 4.74 Å². The van der Waals surface area contributed by atoms with Gasteiger partial charge in [-0.1, -0.05) is 12.1 Å². The van der Waals surface area contributed by atoms with E-state index in [2.05, 4.69) is 14.5 Å². The van der Waals surface area contributed by atoms with E-state index in [0.29, 0.717) is 29.8 Å². The number of aryl methyl sites for hydroxylation is 1. The zero-order valence-electron chi connectivity index (χ0n) is 22.8. The maximum Gasteiger partial charge on any atom is 0.401 e. The van der Waals surface area contributed by atoms with E-state index in [0.717, 1.165) is 32.4 Å². The van der Waals surface area contributed by atoms with Crippen LogP contribution in [-0.4, -0.2) is 77.3 Å². The van der Waals surface area contributed by atoms with Gasteiger partial charge in [-0.05, 0) is 73.2 Å². The van der Waals surface area contributed by atoms with E-state index < -0.39 is 31.2 Å². The molecule has 0 spiro atoms. The van der Waals surface area contributed by atoms with Gasteiger partial charge in [0.15, 0.2) is 9.84 Å². The number of pyridine rings is 1. The number of benzene rings is 2. The number of H-pyrrole nitrogens is 1. The summed E-state index contributed by atoms with van der Waals surface area (Å²) in [5.41, 5.74) is 3.74. The normalized spacial score (nSPS) is 14.5. The highest BCUT2D eigenvalue weighted by Crippen LogP contribution is 2.41. The van der Waals surface area contributed by atoms with Crippen molar-refractivity contribution in [2.24, 2.45) is 0 Å². The van der Waals surface area contributed by atoms with Crippen molar-refractivity contribution in [1.82, 2.24) is 14.9 Å². The maximum atomic E-state index is 13.0. The van der Waals surface area contributed by atoms with Gasteiger partial charge in [0.05, 0.1) is 35.4 Å². The molecule has 0 amide bonds. The van der Waals surface area contributed by atoms with Crippen LogP contribution in [0.3, 0.4) is 0 Å². The first-order valence-electron chi connectivity index (χ1n) is 13.4. The van der Waals surface area contributed by atoms with Crippen LogP contribution >= 0.6 is 8.60 Å². The van der Waals surface area contributed by atoms with Gasteiger partial charge in [-0.3, -0.25) is 4.90 Å². The third kappa shape index (κ3) is 7.21. The van der Waals surface area contributed by atoms with Gasteiger partial charge in [-0.15, -0.1) is 0 Å². The smallest absolute Gasteiger partial charge is 0.401 e. The van der Waals surface area contributed by atoms with Gasteiger partial charge in [0, 0.05) is 30.1 Å². The van der Waals surface area contributed by atoms with Crippen LogP contribution in [0.15, 0.2) is 53.6 Å². The van der Waals surface area contributed by atoms with Crippen molar-refractivity contribution in [2.45, 2.75) is 42.5 Å². The molecule has 5 rings (SSSR count). The van der Waals surface area contributed by atoms with Crippen molar-refractivity contribution in [3.8, 4) is 16.9 Å². The summed E-state index contributed by atoms with van der Waals surface area (Å²) in [5.74, 6) is 0.489. The topological polar surface area (TPSA) is 125 Å². The van der Waals surface area contributed by atoms with E-state index in [1.807, 2.05) is 25.1 Å². The average Bonchev–Trinajstić information content (AvgIpc) is 3.72. The molecule has 42 heavy (non-hydrogen) atoms. The Bertz CT molecular complexity index is 1670. The zero-order valence-corrected chi connectivity index (χ0v) is 24.5. The van der Waals surface area contributed by atoms with Gasteiger partial charge >= 0.3 is 14.8 Å². The molecule has 0 atom stereocenters. The summed E-state index contributed by atoms with van der Waals surface area (Å²) in [7, 11) is -6.03. The van der Waals surface area contributed by atoms with Crippen molar-refractivity contribution in [2.75, 3.05) is 32.8 Å². The minimum Gasteiger partial charge on any atom is -0.491 e. The molecule has 9 nitrogen and oxygen atoms in total. The molecule has 226 valence electrons. The van der Waals surface area contributed by atoms with Crippen molar-refractivity contribution >= 4 is 40.4 Å². The first-order valence-corrected chi connectivity index (χ1v) is 16.1. The number of aromatic nitrogens is 2. The van der Waals surface area contributed by atoms with Gasteiger partial charge in [-0.2, -0.15) is 13.2 Å². The molecule has 0 unspecified atom stereocenters. The second kappa shape index (κ2) is 12.4. The Morgan fingerprint density at radius 1 is 1.12 bits per heavy atom. The lowest BCUT2D eigenvalue weighted by Gasteiger charge is -2.23. The minimum atomic E-state index is -4.42. The largest absolute Gasteiger partial charge is 0.491 e. The number of hydrogen-bond donors (Lipinski definition) is 3. The standard InChI is InChI=1S/C28H31F3N3O6PS/c1-18-14-23-25-22(19-4-2-5-21(15-19)42(37,38)20-6-7-20)8-9-24(26(25)33-27(23)32-16-18)39-12-3-10-34(17-28(29,30)31)11-13-40-41(35)36/h2,4-5,8-9,14-16,20,35-36H,3,6-7,10-13,17H2,1H3,(H,32,33). The van der Waals surface area contributed by atoms with Gasteiger partial charge in [0.1, 0.15) is 11.4 Å². The third-order valence-electron chi connectivity index (χ3n) is 7.03. The number of nitrogens with zero attached hydrogens (tertiary/aromatic N) is 2. The summed E-state index contributed by atoms with van der Waals surface area (Å²) in [6.45, 7) is 0.562. The van der Waals surface area contributed by atoms with Crippen molar-refractivity contribution in [3.63, 3.8) is 0 Å². The van der Waals surface area contributed by atoms with Gasteiger partial charge in [0.2, 0.25) is 0 Å². The average molecular weight is 626 g/mol. The summed E-state index contributed by atoms with van der Waals surface area (Å²) in [6, 6.07) is 12.5. The Kier molecular flexibility index (Phi) is 9.08. The molecule has 0 bridgehead atoms. The Balaban J connectivity index is 1.40. The fraction of sp³-hybridized carbons (Fsp3) is 0.393. The summed E-state index contributed by atoms with van der Waals surface area (Å²) in [5, 5.41) is 1.32. The Morgan fingerprint density at radius 2 is 1.90 bits per heavy atom. The number of aromatic amines is 1. The van der Waals surface area contributed by atoms with Gasteiger partial charge < -0.3 is 24.0 Å². The number of nitrogens with one attached hydrogen (secondary N) is 1. The summed E-state index contributed by atoms with van der Waals surface area (Å²) < 4.78 is 75.6. The first kappa shape index (κ1) is 30.7. The number of alkyl halides is 3. The predicted molar refractivity (Wildman–Crippen MR) is 154 cm³/mol. The summed E-state index contributed by atoms with van der Waals surface area (Å²) in [4.78, 5) is 26.9. The molecule has 1 aliphatic carbocycles. The molecule has 2 aromatic carbocycles. The molecule has 0 saturated heterocycles. The quantitative estimate of drug-likeness (QED) is 0.132. The van der Waals surface area contributed by atoms with Crippen LogP contribution in [0.4, 0.5) is 13.2 Å². The molecular weight excluding hydrogens is 594 g/mol. The fourth-order valence-corrected chi connectivity index (χ4v) is 6.93. The fourth-order valence-electron chi connectivity index (χ4n) is 4.98. The van der Waals surface area contributed by atoms with Crippen molar-refractivity contribution in [1.29, 1.82) is 0 Å². The number of halogens is 3. The second-order valence-corrected chi connectivity index (χ2v) is 13.3. The number of fused-ring (bicyclic) bond motifs is 3. The van der Waals surface area contributed by atoms with Crippen LogP contribution in [0.1, 0.15) is 24.8 Å². The van der Waals surface area contributed by atoms with Gasteiger partial charge in [0.25, 0.3) is 0 Å². The maximum absolute atomic E-state index is 13.0. The van der Waals surface area contributed by atoms with Crippen molar-refractivity contribution < 1.29 is 40.6 Å².